The number of carbonyl (C=O) groups excluding carboxylic acids is 1. The smallest absolute Gasteiger partial charge is 0.343 e. The van der Waals surface area contributed by atoms with E-state index >= 15 is 0 Å². The predicted molar refractivity (Wildman–Crippen MR) is 124 cm³/mol. The highest BCUT2D eigenvalue weighted by Crippen LogP contribution is 2.37. The van der Waals surface area contributed by atoms with Crippen LogP contribution in [0, 0.1) is 17.6 Å². The van der Waals surface area contributed by atoms with Crippen molar-refractivity contribution in [2.24, 2.45) is 5.92 Å². The van der Waals surface area contributed by atoms with Crippen LogP contribution < -0.4 is 4.74 Å². The fraction of sp³-hybridized carbons (Fsp3) is 0.393. The fourth-order valence-electron chi connectivity index (χ4n) is 4.83. The molecule has 1 aliphatic rings. The number of fused-ring (bicyclic) bond motifs is 1. The first-order valence-corrected chi connectivity index (χ1v) is 11.7. The third-order valence-electron chi connectivity index (χ3n) is 6.77. The molecule has 0 aliphatic heterocycles. The van der Waals surface area contributed by atoms with Gasteiger partial charge in [-0.2, -0.15) is 0 Å². The van der Waals surface area contributed by atoms with Crippen molar-refractivity contribution in [3.8, 4) is 5.75 Å². The average Bonchev–Trinajstić information content (AvgIpc) is 2.82. The fourth-order valence-corrected chi connectivity index (χ4v) is 4.83. The predicted octanol–water partition coefficient (Wildman–Crippen LogP) is 8.19. The van der Waals surface area contributed by atoms with Crippen molar-refractivity contribution >= 4 is 16.7 Å². The summed E-state index contributed by atoms with van der Waals surface area (Å²) < 4.78 is 32.7. The number of halogens is 2. The lowest BCUT2D eigenvalue weighted by Crippen LogP contribution is -2.14. The highest BCUT2D eigenvalue weighted by molar-refractivity contribution is 5.92. The Kier molecular flexibility index (Phi) is 7.19. The SMILES string of the molecule is CCCCCC1CCC(c2ccc(C(=O)Oc3ccc4c(F)c(F)ccc4c3)cc2)CC1. The van der Waals surface area contributed by atoms with Crippen LogP contribution in [0.5, 0.6) is 5.75 Å². The van der Waals surface area contributed by atoms with E-state index in [9.17, 15) is 13.6 Å². The average molecular weight is 437 g/mol. The van der Waals surface area contributed by atoms with Crippen LogP contribution in [0.4, 0.5) is 8.78 Å². The largest absolute Gasteiger partial charge is 0.423 e. The highest BCUT2D eigenvalue weighted by Gasteiger charge is 2.22. The van der Waals surface area contributed by atoms with Gasteiger partial charge in [0.1, 0.15) is 5.75 Å². The molecule has 0 atom stereocenters. The summed E-state index contributed by atoms with van der Waals surface area (Å²) in [5, 5.41) is 0.643. The molecule has 0 bridgehead atoms. The molecule has 0 saturated heterocycles. The summed E-state index contributed by atoms with van der Waals surface area (Å²) in [6, 6.07) is 14.7. The van der Waals surface area contributed by atoms with Crippen molar-refractivity contribution in [3.63, 3.8) is 0 Å². The molecule has 3 aromatic carbocycles. The normalized spacial score (nSPS) is 18.6. The molecule has 1 fully saturated rings. The van der Waals surface area contributed by atoms with Crippen LogP contribution in [-0.4, -0.2) is 5.97 Å². The van der Waals surface area contributed by atoms with Gasteiger partial charge in [0.15, 0.2) is 11.6 Å². The van der Waals surface area contributed by atoms with Gasteiger partial charge in [-0.15, -0.1) is 0 Å². The van der Waals surface area contributed by atoms with E-state index in [1.807, 2.05) is 24.3 Å². The van der Waals surface area contributed by atoms with E-state index in [0.717, 1.165) is 12.0 Å². The molecular formula is C28H30F2O2. The van der Waals surface area contributed by atoms with Gasteiger partial charge in [-0.05, 0) is 84.9 Å². The maximum Gasteiger partial charge on any atom is 0.343 e. The lowest BCUT2D eigenvalue weighted by molar-refractivity contribution is 0.0735. The first-order valence-electron chi connectivity index (χ1n) is 11.7. The van der Waals surface area contributed by atoms with Gasteiger partial charge < -0.3 is 4.74 Å². The van der Waals surface area contributed by atoms with Gasteiger partial charge in [0, 0.05) is 5.39 Å². The topological polar surface area (TPSA) is 26.3 Å². The van der Waals surface area contributed by atoms with Crippen molar-refractivity contribution in [2.45, 2.75) is 64.2 Å². The summed E-state index contributed by atoms with van der Waals surface area (Å²) in [7, 11) is 0. The second-order valence-electron chi connectivity index (χ2n) is 8.97. The third kappa shape index (κ3) is 5.17. The molecular weight excluding hydrogens is 406 g/mol. The number of esters is 1. The highest BCUT2D eigenvalue weighted by atomic mass is 19.2. The Morgan fingerprint density at radius 2 is 1.69 bits per heavy atom. The van der Waals surface area contributed by atoms with Gasteiger partial charge in [-0.1, -0.05) is 50.8 Å². The van der Waals surface area contributed by atoms with Crippen LogP contribution in [0.25, 0.3) is 10.8 Å². The van der Waals surface area contributed by atoms with Crippen molar-refractivity contribution in [3.05, 3.63) is 77.4 Å². The van der Waals surface area contributed by atoms with E-state index in [1.165, 1.54) is 75.1 Å². The van der Waals surface area contributed by atoms with E-state index in [-0.39, 0.29) is 5.39 Å². The number of hydrogen-bond acceptors (Lipinski definition) is 2. The number of ether oxygens (including phenoxy) is 1. The zero-order chi connectivity index (χ0) is 22.5. The molecule has 0 aromatic heterocycles. The van der Waals surface area contributed by atoms with Crippen molar-refractivity contribution in [1.29, 1.82) is 0 Å². The lowest BCUT2D eigenvalue weighted by Gasteiger charge is -2.29. The quantitative estimate of drug-likeness (QED) is 0.212. The number of unbranched alkanes of at least 4 members (excludes halogenated alkanes) is 2. The number of hydrogen-bond donors (Lipinski definition) is 0. The van der Waals surface area contributed by atoms with E-state index in [2.05, 4.69) is 6.92 Å². The molecule has 0 radical (unpaired) electrons. The van der Waals surface area contributed by atoms with Gasteiger partial charge in [-0.25, -0.2) is 13.6 Å². The van der Waals surface area contributed by atoms with E-state index in [4.69, 9.17) is 4.74 Å². The van der Waals surface area contributed by atoms with Gasteiger partial charge >= 0.3 is 5.97 Å². The molecule has 2 nitrogen and oxygen atoms in total. The van der Waals surface area contributed by atoms with Crippen LogP contribution in [0.2, 0.25) is 0 Å². The Hall–Kier alpha value is -2.75. The number of benzene rings is 3. The lowest BCUT2D eigenvalue weighted by atomic mass is 9.77. The van der Waals surface area contributed by atoms with Gasteiger partial charge in [0.2, 0.25) is 0 Å². The first-order chi connectivity index (χ1) is 15.5. The molecule has 3 aromatic rings. The minimum Gasteiger partial charge on any atom is -0.423 e. The third-order valence-corrected chi connectivity index (χ3v) is 6.77. The zero-order valence-electron chi connectivity index (χ0n) is 18.6. The molecule has 4 heteroatoms. The summed E-state index contributed by atoms with van der Waals surface area (Å²) >= 11 is 0. The first kappa shape index (κ1) is 22.4. The molecule has 1 aliphatic carbocycles. The van der Waals surface area contributed by atoms with Gasteiger partial charge in [0.05, 0.1) is 5.56 Å². The van der Waals surface area contributed by atoms with Crippen LogP contribution in [-0.2, 0) is 0 Å². The van der Waals surface area contributed by atoms with Gasteiger partial charge in [0.25, 0.3) is 0 Å². The van der Waals surface area contributed by atoms with E-state index in [1.54, 1.807) is 6.07 Å². The monoisotopic (exact) mass is 436 g/mol. The van der Waals surface area contributed by atoms with Crippen LogP contribution in [0.1, 0.15) is 80.1 Å². The molecule has 32 heavy (non-hydrogen) atoms. The Bertz CT molecular complexity index is 1070. The van der Waals surface area contributed by atoms with Crippen LogP contribution in [0.3, 0.4) is 0 Å². The molecule has 0 N–H and O–H groups in total. The summed E-state index contributed by atoms with van der Waals surface area (Å²) in [6.07, 6.45) is 10.4. The number of carbonyl (C=O) groups is 1. The molecule has 0 unspecified atom stereocenters. The van der Waals surface area contributed by atoms with Gasteiger partial charge in [-0.3, -0.25) is 0 Å². The summed E-state index contributed by atoms with van der Waals surface area (Å²) in [5.41, 5.74) is 1.77. The van der Waals surface area contributed by atoms with Crippen molar-refractivity contribution < 1.29 is 18.3 Å². The Morgan fingerprint density at radius 1 is 0.938 bits per heavy atom. The molecule has 0 spiro atoms. The zero-order valence-corrected chi connectivity index (χ0v) is 18.6. The molecule has 1 saturated carbocycles. The summed E-state index contributed by atoms with van der Waals surface area (Å²) in [4.78, 5) is 12.6. The van der Waals surface area contributed by atoms with Crippen LogP contribution in [0.15, 0.2) is 54.6 Å². The second kappa shape index (κ2) is 10.2. The minimum atomic E-state index is -0.897. The van der Waals surface area contributed by atoms with Crippen molar-refractivity contribution in [2.75, 3.05) is 0 Å². The maximum absolute atomic E-state index is 13.9. The van der Waals surface area contributed by atoms with Crippen LogP contribution >= 0.6 is 0 Å². The summed E-state index contributed by atoms with van der Waals surface area (Å²) in [5.74, 6) is -0.507. The van der Waals surface area contributed by atoms with E-state index < -0.39 is 17.6 Å². The maximum atomic E-state index is 13.9. The second-order valence-corrected chi connectivity index (χ2v) is 8.97. The Balaban J connectivity index is 1.35. The standard InChI is InChI=1S/C28H30F2O2/c1-2-3-4-5-19-6-8-20(9-7-19)21-10-12-22(13-11-21)28(31)32-24-15-16-25-23(18-24)14-17-26(29)27(25)30/h10-20H,2-9H2,1H3. The minimum absolute atomic E-state index is 0.161. The molecule has 0 amide bonds. The molecule has 4 rings (SSSR count). The Labute approximate surface area is 188 Å². The van der Waals surface area contributed by atoms with Crippen molar-refractivity contribution in [1.82, 2.24) is 0 Å². The molecule has 168 valence electrons. The van der Waals surface area contributed by atoms with E-state index in [0.29, 0.717) is 22.6 Å². The molecule has 0 heterocycles. The Morgan fingerprint density at radius 3 is 2.41 bits per heavy atom. The number of rotatable bonds is 7. The summed E-state index contributed by atoms with van der Waals surface area (Å²) in [6.45, 7) is 2.25.